The number of carbonyl (C=O) groups is 1. The maximum Gasteiger partial charge on any atom is 0.308 e. The van der Waals surface area contributed by atoms with Crippen molar-refractivity contribution in [2.75, 3.05) is 32.5 Å². The number of benzene rings is 1. The van der Waals surface area contributed by atoms with Gasteiger partial charge in [-0.05, 0) is 61.6 Å². The molecule has 0 saturated carbocycles. The Kier molecular flexibility index (Phi) is 12.4. The summed E-state index contributed by atoms with van der Waals surface area (Å²) in [6, 6.07) is 7.49. The second kappa shape index (κ2) is 13.7. The summed E-state index contributed by atoms with van der Waals surface area (Å²) in [6.07, 6.45) is 3.13. The number of methoxy groups -OCH3 is 1. The van der Waals surface area contributed by atoms with E-state index in [1.54, 1.807) is 13.3 Å². The molecule has 3 rings (SSSR count). The molecule has 3 atom stereocenters. The monoisotopic (exact) mass is 532 g/mol. The Morgan fingerprint density at radius 1 is 1.29 bits per heavy atom. The number of ether oxygens (including phenoxy) is 1. The standard InChI is InChI=1S/C25H36N2O4S.2ClH/c1-25(2,3)32-14-13-27-12-10-17(21(16-27)24(29)30)5-8-23(28)19-9-11-26-22-7-6-18(31-4)15-20(19)22;;/h6-7,9,11,15,17,21,23,28H,5,8,10,12-14,16H2,1-4H3,(H,29,30);2*1H/t17-,21+,23-;;/m1../s1. The van der Waals surface area contributed by atoms with E-state index >= 15 is 0 Å². The molecule has 1 aromatic heterocycles. The molecule has 1 aliphatic rings. The molecule has 0 bridgehead atoms. The fraction of sp³-hybridized carbons (Fsp3) is 0.600. The number of aliphatic carboxylic acids is 1. The maximum atomic E-state index is 12.0. The summed E-state index contributed by atoms with van der Waals surface area (Å²) < 4.78 is 5.55. The van der Waals surface area contributed by atoms with Crippen LogP contribution in [0.25, 0.3) is 10.9 Å². The minimum absolute atomic E-state index is 0. The number of piperidine rings is 1. The largest absolute Gasteiger partial charge is 0.497 e. The maximum absolute atomic E-state index is 12.0. The topological polar surface area (TPSA) is 82.9 Å². The number of hydrogen-bond acceptors (Lipinski definition) is 6. The number of aliphatic hydroxyl groups excluding tert-OH is 1. The zero-order valence-electron chi connectivity index (χ0n) is 20.4. The van der Waals surface area contributed by atoms with Gasteiger partial charge in [0, 0.05) is 35.2 Å². The van der Waals surface area contributed by atoms with E-state index < -0.39 is 12.1 Å². The molecule has 1 saturated heterocycles. The van der Waals surface area contributed by atoms with E-state index in [1.807, 2.05) is 36.0 Å². The summed E-state index contributed by atoms with van der Waals surface area (Å²) >= 11 is 1.92. The first-order valence-electron chi connectivity index (χ1n) is 11.4. The van der Waals surface area contributed by atoms with Crippen LogP contribution in [0.2, 0.25) is 0 Å². The van der Waals surface area contributed by atoms with Gasteiger partial charge in [0.25, 0.3) is 0 Å². The van der Waals surface area contributed by atoms with Gasteiger partial charge in [0.05, 0.1) is 24.6 Å². The molecular weight excluding hydrogens is 495 g/mol. The third-order valence-corrected chi connectivity index (χ3v) is 7.50. The lowest BCUT2D eigenvalue weighted by atomic mass is 9.81. The van der Waals surface area contributed by atoms with Crippen LogP contribution in [0.5, 0.6) is 5.75 Å². The lowest BCUT2D eigenvalue weighted by Gasteiger charge is -2.37. The number of halogens is 2. The second-order valence-electron chi connectivity index (χ2n) is 9.63. The third-order valence-electron chi connectivity index (χ3n) is 6.25. The van der Waals surface area contributed by atoms with Crippen molar-refractivity contribution in [2.45, 2.75) is 50.9 Å². The van der Waals surface area contributed by atoms with Crippen LogP contribution in [-0.4, -0.2) is 63.3 Å². The first-order valence-corrected chi connectivity index (χ1v) is 12.4. The summed E-state index contributed by atoms with van der Waals surface area (Å²) in [5, 5.41) is 21.7. The molecule has 2 heterocycles. The second-order valence-corrected chi connectivity index (χ2v) is 11.6. The molecule has 0 unspecified atom stereocenters. The first kappa shape index (κ1) is 30.8. The molecule has 1 fully saturated rings. The minimum atomic E-state index is -0.725. The Morgan fingerprint density at radius 3 is 2.68 bits per heavy atom. The molecule has 0 aliphatic carbocycles. The molecule has 0 amide bonds. The number of carboxylic acid groups (broad SMARTS) is 1. The minimum Gasteiger partial charge on any atom is -0.497 e. The van der Waals surface area contributed by atoms with Gasteiger partial charge in [0.15, 0.2) is 0 Å². The highest BCUT2D eigenvalue weighted by Crippen LogP contribution is 2.34. The number of thioether (sulfide) groups is 1. The van der Waals surface area contributed by atoms with Crippen molar-refractivity contribution in [3.63, 3.8) is 0 Å². The number of aromatic nitrogens is 1. The van der Waals surface area contributed by atoms with Crippen molar-refractivity contribution in [3.8, 4) is 5.75 Å². The molecule has 1 aromatic carbocycles. The Hall–Kier alpha value is -1.25. The molecule has 0 spiro atoms. The number of likely N-dealkylation sites (tertiary alicyclic amines) is 1. The van der Waals surface area contributed by atoms with Gasteiger partial charge in [0.1, 0.15) is 5.75 Å². The Bertz CT molecular complexity index is 925. The van der Waals surface area contributed by atoms with E-state index in [0.717, 1.165) is 47.5 Å². The van der Waals surface area contributed by atoms with Gasteiger partial charge >= 0.3 is 5.97 Å². The van der Waals surface area contributed by atoms with Crippen molar-refractivity contribution in [1.29, 1.82) is 0 Å². The number of fused-ring (bicyclic) bond motifs is 1. The number of hydrogen-bond donors (Lipinski definition) is 2. The number of nitrogens with zero attached hydrogens (tertiary/aromatic N) is 2. The normalized spacial score (nSPS) is 19.7. The average molecular weight is 534 g/mol. The van der Waals surface area contributed by atoms with E-state index in [0.29, 0.717) is 19.4 Å². The summed E-state index contributed by atoms with van der Waals surface area (Å²) in [5.74, 6) is 0.706. The lowest BCUT2D eigenvalue weighted by molar-refractivity contribution is -0.146. The van der Waals surface area contributed by atoms with E-state index in [1.165, 1.54) is 0 Å². The highest BCUT2D eigenvalue weighted by molar-refractivity contribution is 8.00. The lowest BCUT2D eigenvalue weighted by Crippen LogP contribution is -2.44. The summed E-state index contributed by atoms with van der Waals surface area (Å²) in [7, 11) is 1.62. The van der Waals surface area contributed by atoms with Gasteiger partial charge < -0.3 is 19.8 Å². The number of aliphatic hydroxyl groups is 1. The van der Waals surface area contributed by atoms with Crippen LogP contribution in [-0.2, 0) is 4.79 Å². The third kappa shape index (κ3) is 8.45. The van der Waals surface area contributed by atoms with Gasteiger partial charge in [-0.1, -0.05) is 20.8 Å². The molecule has 1 aliphatic heterocycles. The summed E-state index contributed by atoms with van der Waals surface area (Å²) in [4.78, 5) is 18.7. The van der Waals surface area contributed by atoms with Crippen LogP contribution in [0.3, 0.4) is 0 Å². The van der Waals surface area contributed by atoms with Crippen molar-refractivity contribution in [1.82, 2.24) is 9.88 Å². The van der Waals surface area contributed by atoms with Crippen LogP contribution < -0.4 is 4.74 Å². The SMILES string of the molecule is COc1ccc2nccc([C@H](O)CC[C@@H]3CCN(CCSC(C)(C)C)C[C@@H]3C(=O)O)c2c1.Cl.Cl. The number of pyridine rings is 1. The van der Waals surface area contributed by atoms with Crippen molar-refractivity contribution in [3.05, 3.63) is 36.0 Å². The fourth-order valence-electron chi connectivity index (χ4n) is 4.47. The van der Waals surface area contributed by atoms with Crippen molar-refractivity contribution < 1.29 is 19.7 Å². The number of rotatable bonds is 9. The number of carboxylic acids is 1. The molecule has 2 N–H and O–H groups in total. The average Bonchev–Trinajstić information content (AvgIpc) is 2.76. The van der Waals surface area contributed by atoms with Crippen LogP contribution in [0, 0.1) is 11.8 Å². The summed E-state index contributed by atoms with van der Waals surface area (Å²) in [6.45, 7) is 9.05. The van der Waals surface area contributed by atoms with Crippen LogP contribution in [0.4, 0.5) is 0 Å². The van der Waals surface area contributed by atoms with Crippen LogP contribution in [0.1, 0.15) is 51.7 Å². The molecule has 192 valence electrons. The van der Waals surface area contributed by atoms with Gasteiger partial charge in [-0.15, -0.1) is 24.8 Å². The molecule has 0 radical (unpaired) electrons. The van der Waals surface area contributed by atoms with E-state index in [-0.39, 0.29) is 41.4 Å². The predicted molar refractivity (Wildman–Crippen MR) is 145 cm³/mol. The van der Waals surface area contributed by atoms with Crippen molar-refractivity contribution >= 4 is 53.4 Å². The zero-order valence-corrected chi connectivity index (χ0v) is 22.8. The van der Waals surface area contributed by atoms with Crippen LogP contribution in [0.15, 0.2) is 30.5 Å². The Morgan fingerprint density at radius 2 is 2.03 bits per heavy atom. The predicted octanol–water partition coefficient (Wildman–Crippen LogP) is 5.46. The van der Waals surface area contributed by atoms with Gasteiger partial charge in [-0.3, -0.25) is 9.78 Å². The molecule has 34 heavy (non-hydrogen) atoms. The van der Waals surface area contributed by atoms with Gasteiger partial charge in [0.2, 0.25) is 0 Å². The van der Waals surface area contributed by atoms with Crippen LogP contribution >= 0.6 is 36.6 Å². The van der Waals surface area contributed by atoms with Gasteiger partial charge in [-0.25, -0.2) is 0 Å². The summed E-state index contributed by atoms with van der Waals surface area (Å²) in [5.41, 5.74) is 1.63. The van der Waals surface area contributed by atoms with E-state index in [2.05, 4.69) is 30.7 Å². The van der Waals surface area contributed by atoms with E-state index in [4.69, 9.17) is 4.74 Å². The zero-order chi connectivity index (χ0) is 23.3. The smallest absolute Gasteiger partial charge is 0.308 e. The highest BCUT2D eigenvalue weighted by Gasteiger charge is 2.34. The fourth-order valence-corrected chi connectivity index (χ4v) is 5.43. The first-order chi connectivity index (χ1) is 15.2. The Balaban J connectivity index is 0.00000289. The molecular formula is C25H38Cl2N2O4S. The van der Waals surface area contributed by atoms with E-state index in [9.17, 15) is 15.0 Å². The molecule has 6 nitrogen and oxygen atoms in total. The molecule has 9 heteroatoms. The Labute approximate surface area is 219 Å². The van der Waals surface area contributed by atoms with Gasteiger partial charge in [-0.2, -0.15) is 11.8 Å². The molecule has 2 aromatic rings. The van der Waals surface area contributed by atoms with Crippen molar-refractivity contribution in [2.24, 2.45) is 11.8 Å². The highest BCUT2D eigenvalue weighted by atomic mass is 35.5. The quantitative estimate of drug-likeness (QED) is 0.443.